The van der Waals surface area contributed by atoms with Crippen molar-refractivity contribution in [2.24, 2.45) is 5.73 Å². The fraction of sp³-hybridized carbons (Fsp3) is 0.333. The summed E-state index contributed by atoms with van der Waals surface area (Å²) in [5.74, 6) is -1.13. The third-order valence-corrected chi connectivity index (χ3v) is 2.22. The van der Waals surface area contributed by atoms with E-state index in [-0.39, 0.29) is 0 Å². The van der Waals surface area contributed by atoms with Crippen LogP contribution in [0, 0.1) is 5.82 Å². The van der Waals surface area contributed by atoms with Crippen molar-refractivity contribution in [2.75, 3.05) is 6.67 Å². The molecule has 1 aromatic carbocycles. The van der Waals surface area contributed by atoms with Gasteiger partial charge >= 0.3 is 6.18 Å². The van der Waals surface area contributed by atoms with Gasteiger partial charge in [0.1, 0.15) is 12.5 Å². The summed E-state index contributed by atoms with van der Waals surface area (Å²) < 4.78 is 62.5. The molecule has 0 aliphatic carbocycles. The number of halogens is 6. The lowest BCUT2D eigenvalue weighted by molar-refractivity contribution is -0.137. The second-order valence-corrected chi connectivity index (χ2v) is 3.53. The van der Waals surface area contributed by atoms with Crippen LogP contribution in [0.15, 0.2) is 12.1 Å². The minimum absolute atomic E-state index is 0.436. The van der Waals surface area contributed by atoms with Gasteiger partial charge in [-0.05, 0) is 12.1 Å². The Morgan fingerprint density at radius 1 is 1.31 bits per heavy atom. The van der Waals surface area contributed by atoms with Crippen LogP contribution >= 0.6 is 11.6 Å². The van der Waals surface area contributed by atoms with Crippen LogP contribution in [0.3, 0.4) is 0 Å². The summed E-state index contributed by atoms with van der Waals surface area (Å²) in [6.45, 7) is -1.17. The summed E-state index contributed by atoms with van der Waals surface area (Å²) in [5.41, 5.74) is 3.40. The summed E-state index contributed by atoms with van der Waals surface area (Å²) >= 11 is 5.27. The Kier molecular flexibility index (Phi) is 3.75. The topological polar surface area (TPSA) is 26.0 Å². The second-order valence-electron chi connectivity index (χ2n) is 3.12. The van der Waals surface area contributed by atoms with Gasteiger partial charge in [0.2, 0.25) is 0 Å². The molecular weight excluding hydrogens is 253 g/mol. The predicted molar refractivity (Wildman–Crippen MR) is 49.3 cm³/mol. The zero-order valence-corrected chi connectivity index (χ0v) is 8.54. The van der Waals surface area contributed by atoms with E-state index in [1.807, 2.05) is 0 Å². The largest absolute Gasteiger partial charge is 0.416 e. The van der Waals surface area contributed by atoms with E-state index in [0.29, 0.717) is 12.1 Å². The van der Waals surface area contributed by atoms with Crippen molar-refractivity contribution in [2.45, 2.75) is 12.2 Å². The van der Waals surface area contributed by atoms with Crippen molar-refractivity contribution < 1.29 is 22.0 Å². The number of benzene rings is 1. The van der Waals surface area contributed by atoms with E-state index in [1.165, 1.54) is 0 Å². The van der Waals surface area contributed by atoms with Gasteiger partial charge < -0.3 is 5.73 Å². The van der Waals surface area contributed by atoms with Crippen molar-refractivity contribution in [3.63, 3.8) is 0 Å². The first-order valence-electron chi connectivity index (χ1n) is 4.15. The molecule has 1 atom stereocenters. The van der Waals surface area contributed by atoms with E-state index in [1.54, 1.807) is 0 Å². The average molecular weight is 260 g/mol. The van der Waals surface area contributed by atoms with Crippen molar-refractivity contribution in [3.8, 4) is 0 Å². The van der Waals surface area contributed by atoms with Gasteiger partial charge in [0.25, 0.3) is 0 Å². The van der Waals surface area contributed by atoms with Crippen LogP contribution < -0.4 is 5.73 Å². The lowest BCUT2D eigenvalue weighted by Gasteiger charge is -2.14. The zero-order chi connectivity index (χ0) is 12.5. The SMILES string of the molecule is N[C@@H](CF)c1cc(C(F)(F)F)cc(Cl)c1F. The molecule has 2 N–H and O–H groups in total. The fourth-order valence-corrected chi connectivity index (χ4v) is 1.35. The Balaban J connectivity index is 3.33. The molecule has 0 heterocycles. The van der Waals surface area contributed by atoms with Gasteiger partial charge in [-0.25, -0.2) is 8.78 Å². The maximum Gasteiger partial charge on any atom is 0.416 e. The van der Waals surface area contributed by atoms with E-state index in [2.05, 4.69) is 0 Å². The summed E-state index contributed by atoms with van der Waals surface area (Å²) in [6.07, 6.45) is -4.68. The monoisotopic (exact) mass is 259 g/mol. The van der Waals surface area contributed by atoms with Gasteiger partial charge in [-0.2, -0.15) is 13.2 Å². The predicted octanol–water partition coefficient (Wildman–Crippen LogP) is 3.47. The fourth-order valence-electron chi connectivity index (χ4n) is 1.13. The number of nitrogens with two attached hydrogens (primary N) is 1. The Morgan fingerprint density at radius 2 is 1.88 bits per heavy atom. The standard InChI is InChI=1S/C9H7ClF5N/c10-6-2-4(9(13,14)15)1-5(8(6)12)7(16)3-11/h1-2,7H,3,16H2/t7-/m0/s1. The lowest BCUT2D eigenvalue weighted by atomic mass is 10.0. The van der Waals surface area contributed by atoms with E-state index < -0.39 is 40.9 Å². The maximum atomic E-state index is 13.3. The van der Waals surface area contributed by atoms with Gasteiger partial charge in [-0.3, -0.25) is 0 Å². The minimum Gasteiger partial charge on any atom is -0.322 e. The first kappa shape index (κ1) is 13.2. The van der Waals surface area contributed by atoms with E-state index >= 15 is 0 Å². The second kappa shape index (κ2) is 4.55. The normalized spacial score (nSPS) is 13.9. The molecule has 16 heavy (non-hydrogen) atoms. The smallest absolute Gasteiger partial charge is 0.322 e. The minimum atomic E-state index is -4.68. The molecule has 0 saturated heterocycles. The highest BCUT2D eigenvalue weighted by molar-refractivity contribution is 6.30. The van der Waals surface area contributed by atoms with Crippen LogP contribution in [0.4, 0.5) is 22.0 Å². The van der Waals surface area contributed by atoms with Gasteiger partial charge in [-0.1, -0.05) is 11.6 Å². The Bertz CT molecular complexity index is 390. The molecule has 7 heteroatoms. The van der Waals surface area contributed by atoms with Gasteiger partial charge in [-0.15, -0.1) is 0 Å². The molecule has 90 valence electrons. The maximum absolute atomic E-state index is 13.3. The van der Waals surface area contributed by atoms with Crippen LogP contribution in [0.5, 0.6) is 0 Å². The number of rotatable bonds is 2. The molecule has 1 rings (SSSR count). The number of hydrogen-bond donors (Lipinski definition) is 1. The van der Waals surface area contributed by atoms with E-state index in [4.69, 9.17) is 17.3 Å². The zero-order valence-electron chi connectivity index (χ0n) is 7.78. The van der Waals surface area contributed by atoms with Crippen molar-refractivity contribution in [1.29, 1.82) is 0 Å². The lowest BCUT2D eigenvalue weighted by Crippen LogP contribution is -2.16. The van der Waals surface area contributed by atoms with Crippen LogP contribution in [0.2, 0.25) is 5.02 Å². The Labute approximate surface area is 93.0 Å². The first-order chi connectivity index (χ1) is 7.27. The van der Waals surface area contributed by atoms with E-state index in [9.17, 15) is 22.0 Å². The van der Waals surface area contributed by atoms with Gasteiger partial charge in [0.05, 0.1) is 16.6 Å². The molecule has 0 bridgehead atoms. The summed E-state index contributed by atoms with van der Waals surface area (Å²) in [7, 11) is 0. The van der Waals surface area contributed by atoms with Crippen LogP contribution in [0.1, 0.15) is 17.2 Å². The molecule has 1 aromatic rings. The third-order valence-electron chi connectivity index (χ3n) is 1.95. The molecular formula is C9H7ClF5N. The molecule has 0 fully saturated rings. The van der Waals surface area contributed by atoms with Crippen molar-refractivity contribution >= 4 is 11.6 Å². The Morgan fingerprint density at radius 3 is 2.31 bits per heavy atom. The molecule has 0 aliphatic rings. The molecule has 1 nitrogen and oxygen atoms in total. The summed E-state index contributed by atoms with van der Waals surface area (Å²) in [6, 6.07) is -0.559. The molecule has 0 aromatic heterocycles. The third kappa shape index (κ3) is 2.62. The Hall–Kier alpha value is -0.880. The van der Waals surface area contributed by atoms with Crippen LogP contribution in [0.25, 0.3) is 0 Å². The quantitative estimate of drug-likeness (QED) is 0.809. The molecule has 0 amide bonds. The van der Waals surface area contributed by atoms with Crippen molar-refractivity contribution in [1.82, 2.24) is 0 Å². The molecule has 0 saturated carbocycles. The number of hydrogen-bond acceptors (Lipinski definition) is 1. The molecule has 0 radical (unpaired) electrons. The molecule has 0 unspecified atom stereocenters. The van der Waals surface area contributed by atoms with E-state index in [0.717, 1.165) is 0 Å². The summed E-state index contributed by atoms with van der Waals surface area (Å²) in [4.78, 5) is 0. The molecule has 0 spiro atoms. The highest BCUT2D eigenvalue weighted by atomic mass is 35.5. The highest BCUT2D eigenvalue weighted by Crippen LogP contribution is 2.34. The number of alkyl halides is 4. The summed E-state index contributed by atoms with van der Waals surface area (Å²) in [5, 5.41) is -0.728. The molecule has 0 aliphatic heterocycles. The van der Waals surface area contributed by atoms with Crippen LogP contribution in [-0.4, -0.2) is 6.67 Å². The van der Waals surface area contributed by atoms with Crippen molar-refractivity contribution in [3.05, 3.63) is 34.1 Å². The highest BCUT2D eigenvalue weighted by Gasteiger charge is 2.32. The van der Waals surface area contributed by atoms with Crippen LogP contribution in [-0.2, 0) is 6.18 Å². The van der Waals surface area contributed by atoms with Gasteiger partial charge in [0, 0.05) is 5.56 Å². The average Bonchev–Trinajstić information content (AvgIpc) is 2.19. The first-order valence-corrected chi connectivity index (χ1v) is 4.53. The van der Waals surface area contributed by atoms with Gasteiger partial charge in [0.15, 0.2) is 0 Å².